The number of fused-ring (bicyclic) bond motifs is 1. The molecule has 0 amide bonds. The Kier molecular flexibility index (Phi) is 6.57. The lowest BCUT2D eigenvalue weighted by atomic mass is 10.0. The second-order valence-electron chi connectivity index (χ2n) is 8.91. The van der Waals surface area contributed by atoms with E-state index >= 15 is 0 Å². The van der Waals surface area contributed by atoms with Crippen LogP contribution in [0.25, 0.3) is 11.2 Å². The van der Waals surface area contributed by atoms with E-state index in [2.05, 4.69) is 46.6 Å². The van der Waals surface area contributed by atoms with Gasteiger partial charge >= 0.3 is 5.69 Å². The maximum atomic E-state index is 12.8. The number of hydrogen-bond donors (Lipinski definition) is 0. The molecule has 1 fully saturated rings. The number of nitrogens with zero attached hydrogens (tertiary/aromatic N) is 8. The van der Waals surface area contributed by atoms with Crippen LogP contribution in [-0.2, 0) is 20.0 Å². The zero-order chi connectivity index (χ0) is 24.6. The smallest absolute Gasteiger partial charge is 0.350 e. The Morgan fingerprint density at radius 2 is 2.03 bits per heavy atom. The van der Waals surface area contributed by atoms with Crippen LogP contribution in [-0.4, -0.2) is 61.3 Å². The van der Waals surface area contributed by atoms with Crippen molar-refractivity contribution in [2.45, 2.75) is 58.8 Å². The third-order valence-electron chi connectivity index (χ3n) is 6.85. The molecule has 3 atom stereocenters. The van der Waals surface area contributed by atoms with Crippen LogP contribution in [0.15, 0.2) is 23.1 Å². The summed E-state index contributed by atoms with van der Waals surface area (Å²) in [6, 6.07) is 6.68. The normalized spacial score (nSPS) is 19.9. The van der Waals surface area contributed by atoms with Gasteiger partial charge in [0.1, 0.15) is 17.0 Å². The van der Waals surface area contributed by atoms with E-state index in [0.29, 0.717) is 41.8 Å². The highest BCUT2D eigenvalue weighted by Crippen LogP contribution is 2.32. The van der Waals surface area contributed by atoms with Crippen molar-refractivity contribution in [2.75, 3.05) is 25.1 Å². The molecular formula is C24H32N8O2. The number of imidazole rings is 1. The standard InChI is InChI=1S/C24H32N8O2/c1-7-30-19(8-10-25)27-21-22(28-24(33)29(5)23(21)30)32-14-15(2)31(13-16(32)3)17(4)18-9-11-26-20(12-18)34-6/h9,11-12,15-17H,7-8,13-14H2,1-6H3/t15-,16+,17?/m1/s1. The molecule has 1 unspecified atom stereocenters. The second kappa shape index (κ2) is 9.43. The minimum atomic E-state index is -0.319. The molecule has 3 aromatic heterocycles. The van der Waals surface area contributed by atoms with Crippen LogP contribution in [0.5, 0.6) is 5.88 Å². The van der Waals surface area contributed by atoms with E-state index in [9.17, 15) is 10.1 Å². The minimum Gasteiger partial charge on any atom is -0.481 e. The van der Waals surface area contributed by atoms with Gasteiger partial charge in [0.15, 0.2) is 5.82 Å². The zero-order valence-corrected chi connectivity index (χ0v) is 20.7. The summed E-state index contributed by atoms with van der Waals surface area (Å²) in [7, 11) is 3.33. The van der Waals surface area contributed by atoms with Crippen molar-refractivity contribution in [3.05, 3.63) is 40.2 Å². The first-order valence-electron chi connectivity index (χ1n) is 11.7. The highest BCUT2D eigenvalue weighted by molar-refractivity contribution is 5.84. The van der Waals surface area contributed by atoms with E-state index in [1.54, 1.807) is 20.4 Å². The number of pyridine rings is 1. The summed E-state index contributed by atoms with van der Waals surface area (Å²) in [6.07, 6.45) is 1.96. The molecule has 0 aromatic carbocycles. The Balaban J connectivity index is 1.70. The van der Waals surface area contributed by atoms with Crippen LogP contribution in [0.2, 0.25) is 0 Å². The summed E-state index contributed by atoms with van der Waals surface area (Å²) in [5.74, 6) is 1.86. The Hall–Kier alpha value is -3.45. The first-order chi connectivity index (χ1) is 16.3. The number of ether oxygens (including phenoxy) is 1. The van der Waals surface area contributed by atoms with Crippen LogP contribution >= 0.6 is 0 Å². The first-order valence-corrected chi connectivity index (χ1v) is 11.7. The van der Waals surface area contributed by atoms with Gasteiger partial charge in [-0.3, -0.25) is 9.47 Å². The average molecular weight is 465 g/mol. The maximum Gasteiger partial charge on any atom is 0.350 e. The molecule has 0 bridgehead atoms. The van der Waals surface area contributed by atoms with Crippen LogP contribution in [0.3, 0.4) is 0 Å². The van der Waals surface area contributed by atoms with E-state index in [0.717, 1.165) is 12.1 Å². The van der Waals surface area contributed by atoms with Gasteiger partial charge in [0, 0.05) is 57.1 Å². The Morgan fingerprint density at radius 3 is 2.71 bits per heavy atom. The Bertz CT molecular complexity index is 1290. The quantitative estimate of drug-likeness (QED) is 0.547. The monoisotopic (exact) mass is 464 g/mol. The number of piperazine rings is 1. The number of aromatic nitrogens is 5. The average Bonchev–Trinajstić information content (AvgIpc) is 3.21. The van der Waals surface area contributed by atoms with Gasteiger partial charge < -0.3 is 14.2 Å². The van der Waals surface area contributed by atoms with Gasteiger partial charge in [-0.2, -0.15) is 10.2 Å². The fraction of sp³-hybridized carbons (Fsp3) is 0.542. The van der Waals surface area contributed by atoms with E-state index in [4.69, 9.17) is 9.72 Å². The van der Waals surface area contributed by atoms with Crippen molar-refractivity contribution >= 4 is 17.0 Å². The van der Waals surface area contributed by atoms with Crippen LogP contribution in [0, 0.1) is 11.3 Å². The minimum absolute atomic E-state index is 0.108. The number of methoxy groups -OCH3 is 1. The van der Waals surface area contributed by atoms with Gasteiger partial charge in [0.25, 0.3) is 0 Å². The largest absolute Gasteiger partial charge is 0.481 e. The van der Waals surface area contributed by atoms with Gasteiger partial charge in [0.05, 0.1) is 19.6 Å². The Morgan fingerprint density at radius 1 is 1.26 bits per heavy atom. The number of rotatable bonds is 6. The lowest BCUT2D eigenvalue weighted by molar-refractivity contribution is 0.119. The molecule has 34 heavy (non-hydrogen) atoms. The van der Waals surface area contributed by atoms with E-state index in [1.165, 1.54) is 4.57 Å². The van der Waals surface area contributed by atoms with Crippen LogP contribution in [0.1, 0.15) is 45.1 Å². The van der Waals surface area contributed by atoms with Crippen molar-refractivity contribution < 1.29 is 4.74 Å². The molecule has 0 N–H and O–H groups in total. The van der Waals surface area contributed by atoms with Crippen molar-refractivity contribution in [3.63, 3.8) is 0 Å². The summed E-state index contributed by atoms with van der Waals surface area (Å²) in [5.41, 5.74) is 2.22. The summed E-state index contributed by atoms with van der Waals surface area (Å²) >= 11 is 0. The van der Waals surface area contributed by atoms with Crippen molar-refractivity contribution in [2.24, 2.45) is 7.05 Å². The Labute approximate surface area is 199 Å². The molecule has 0 saturated carbocycles. The number of hydrogen-bond acceptors (Lipinski definition) is 8. The fourth-order valence-electron chi connectivity index (χ4n) is 5.00. The maximum absolute atomic E-state index is 12.8. The molecule has 1 aliphatic heterocycles. The van der Waals surface area contributed by atoms with E-state index in [1.807, 2.05) is 23.6 Å². The lowest BCUT2D eigenvalue weighted by Crippen LogP contribution is -2.57. The molecule has 3 aromatic rings. The summed E-state index contributed by atoms with van der Waals surface area (Å²) in [4.78, 5) is 30.9. The second-order valence-corrected chi connectivity index (χ2v) is 8.91. The number of nitriles is 1. The molecule has 0 radical (unpaired) electrons. The first kappa shape index (κ1) is 23.7. The van der Waals surface area contributed by atoms with Gasteiger partial charge in [-0.05, 0) is 39.3 Å². The predicted octanol–water partition coefficient (Wildman–Crippen LogP) is 2.28. The highest BCUT2D eigenvalue weighted by Gasteiger charge is 2.35. The van der Waals surface area contributed by atoms with Crippen LogP contribution in [0.4, 0.5) is 5.82 Å². The predicted molar refractivity (Wildman–Crippen MR) is 130 cm³/mol. The van der Waals surface area contributed by atoms with E-state index < -0.39 is 0 Å². The van der Waals surface area contributed by atoms with Crippen molar-refractivity contribution in [1.29, 1.82) is 5.26 Å². The zero-order valence-electron chi connectivity index (χ0n) is 20.7. The number of anilines is 1. The van der Waals surface area contributed by atoms with Crippen molar-refractivity contribution in [3.8, 4) is 11.9 Å². The molecule has 180 valence electrons. The van der Waals surface area contributed by atoms with Gasteiger partial charge in [-0.15, -0.1) is 0 Å². The number of aryl methyl sites for hydroxylation is 2. The molecule has 0 aliphatic carbocycles. The van der Waals surface area contributed by atoms with Gasteiger partial charge in [-0.1, -0.05) is 0 Å². The summed E-state index contributed by atoms with van der Waals surface area (Å²) < 4.78 is 8.77. The molecule has 0 spiro atoms. The topological polar surface area (TPSA) is 105 Å². The SMILES string of the molecule is CCn1c(CC#N)nc2c(N3C[C@@H](C)N(C(C)c4ccnc(OC)c4)C[C@@H]3C)nc(=O)n(C)c21. The molecule has 10 heteroatoms. The van der Waals surface area contributed by atoms with Crippen LogP contribution < -0.4 is 15.3 Å². The summed E-state index contributed by atoms with van der Waals surface area (Å²) in [5, 5.41) is 9.28. The van der Waals surface area contributed by atoms with Gasteiger partial charge in [-0.25, -0.2) is 14.8 Å². The molecule has 4 heterocycles. The molecular weight excluding hydrogens is 432 g/mol. The molecule has 1 saturated heterocycles. The lowest BCUT2D eigenvalue weighted by Gasteiger charge is -2.47. The van der Waals surface area contributed by atoms with Gasteiger partial charge in [0.2, 0.25) is 5.88 Å². The van der Waals surface area contributed by atoms with E-state index in [-0.39, 0.29) is 30.2 Å². The third-order valence-corrected chi connectivity index (χ3v) is 6.85. The third kappa shape index (κ3) is 4.01. The molecule has 10 nitrogen and oxygen atoms in total. The van der Waals surface area contributed by atoms with Crippen molar-refractivity contribution in [1.82, 2.24) is 29.0 Å². The highest BCUT2D eigenvalue weighted by atomic mass is 16.5. The fourth-order valence-corrected chi connectivity index (χ4v) is 5.00. The summed E-state index contributed by atoms with van der Waals surface area (Å²) in [6.45, 7) is 10.6. The molecule has 4 rings (SSSR count). The molecule has 1 aliphatic rings.